The van der Waals surface area contributed by atoms with Gasteiger partial charge in [-0.2, -0.15) is 0 Å². The van der Waals surface area contributed by atoms with Crippen LogP contribution >= 0.6 is 0 Å². The van der Waals surface area contributed by atoms with E-state index in [0.717, 1.165) is 28.8 Å². The highest BCUT2D eigenvalue weighted by molar-refractivity contribution is 7.92. The lowest BCUT2D eigenvalue weighted by Crippen LogP contribution is -2.18. The summed E-state index contributed by atoms with van der Waals surface area (Å²) in [5.74, 6) is -0.342. The lowest BCUT2D eigenvalue weighted by atomic mass is 10.1. The smallest absolute Gasteiger partial charge is 0.262 e. The number of aryl methyl sites for hydroxylation is 4. The molecule has 0 radical (unpaired) electrons. The second-order valence-corrected chi connectivity index (χ2v) is 9.02. The summed E-state index contributed by atoms with van der Waals surface area (Å²) < 4.78 is 28.6. The Labute approximate surface area is 178 Å². The van der Waals surface area contributed by atoms with Crippen molar-refractivity contribution in [3.8, 4) is 0 Å². The van der Waals surface area contributed by atoms with E-state index in [-0.39, 0.29) is 16.4 Å². The lowest BCUT2D eigenvalue weighted by molar-refractivity contribution is 0.102. The maximum absolute atomic E-state index is 13.0. The molecule has 6 heteroatoms. The van der Waals surface area contributed by atoms with Gasteiger partial charge in [0, 0.05) is 16.9 Å². The molecule has 0 saturated carbocycles. The van der Waals surface area contributed by atoms with Crippen molar-refractivity contribution >= 4 is 27.3 Å². The topological polar surface area (TPSA) is 75.3 Å². The summed E-state index contributed by atoms with van der Waals surface area (Å²) in [5.41, 5.74) is 5.05. The maximum atomic E-state index is 13.0. The highest BCUT2D eigenvalue weighted by Gasteiger charge is 2.20. The van der Waals surface area contributed by atoms with Gasteiger partial charge >= 0.3 is 0 Å². The third-order valence-corrected chi connectivity index (χ3v) is 6.51. The Morgan fingerprint density at radius 3 is 2.33 bits per heavy atom. The molecule has 2 N–H and O–H groups in total. The average Bonchev–Trinajstić information content (AvgIpc) is 2.69. The van der Waals surface area contributed by atoms with E-state index in [2.05, 4.69) is 10.0 Å². The zero-order valence-corrected chi connectivity index (χ0v) is 18.4. The van der Waals surface area contributed by atoms with Crippen LogP contribution in [0.15, 0.2) is 65.6 Å². The summed E-state index contributed by atoms with van der Waals surface area (Å²) in [6.07, 6.45) is 0.783. The summed E-state index contributed by atoms with van der Waals surface area (Å²) in [5, 5.41) is 2.95. The van der Waals surface area contributed by atoms with Gasteiger partial charge in [-0.15, -0.1) is 0 Å². The van der Waals surface area contributed by atoms with Crippen molar-refractivity contribution in [2.45, 2.75) is 39.0 Å². The number of rotatable bonds is 6. The first-order valence-electron chi connectivity index (χ1n) is 9.81. The molecule has 0 fully saturated rings. The maximum Gasteiger partial charge on any atom is 0.262 e. The first-order valence-corrected chi connectivity index (χ1v) is 11.3. The molecule has 0 saturated heterocycles. The number of hydrogen-bond donors (Lipinski definition) is 2. The Kier molecular flexibility index (Phi) is 6.27. The summed E-state index contributed by atoms with van der Waals surface area (Å²) in [6.45, 7) is 7.57. The molecule has 0 aliphatic heterocycles. The second kappa shape index (κ2) is 8.71. The molecular formula is C24H26N2O3S. The van der Waals surface area contributed by atoms with Gasteiger partial charge in [0.15, 0.2) is 0 Å². The van der Waals surface area contributed by atoms with Crippen molar-refractivity contribution in [2.75, 3.05) is 10.0 Å². The number of carbonyl (C=O) groups excluding carboxylic acids is 1. The molecule has 0 bridgehead atoms. The summed E-state index contributed by atoms with van der Waals surface area (Å²) in [7, 11) is -3.84. The molecule has 0 aromatic heterocycles. The van der Waals surface area contributed by atoms with Crippen LogP contribution in [0, 0.1) is 20.8 Å². The van der Waals surface area contributed by atoms with Crippen molar-refractivity contribution < 1.29 is 13.2 Å². The van der Waals surface area contributed by atoms with Gasteiger partial charge in [-0.25, -0.2) is 8.42 Å². The van der Waals surface area contributed by atoms with Crippen LogP contribution in [-0.4, -0.2) is 14.3 Å². The molecule has 0 unspecified atom stereocenters. The molecule has 0 aliphatic rings. The van der Waals surface area contributed by atoms with E-state index in [1.54, 1.807) is 37.3 Å². The van der Waals surface area contributed by atoms with Crippen LogP contribution in [0.25, 0.3) is 0 Å². The summed E-state index contributed by atoms with van der Waals surface area (Å²) in [4.78, 5) is 13.0. The van der Waals surface area contributed by atoms with E-state index in [9.17, 15) is 13.2 Å². The average molecular weight is 423 g/mol. The Morgan fingerprint density at radius 2 is 1.63 bits per heavy atom. The van der Waals surface area contributed by atoms with Crippen LogP contribution in [-0.2, 0) is 16.4 Å². The minimum absolute atomic E-state index is 0.0807. The molecule has 3 rings (SSSR count). The zero-order chi connectivity index (χ0) is 21.9. The largest absolute Gasteiger partial charge is 0.321 e. The van der Waals surface area contributed by atoms with Crippen LogP contribution in [0.2, 0.25) is 0 Å². The van der Waals surface area contributed by atoms with Crippen molar-refractivity contribution in [3.63, 3.8) is 0 Å². The van der Waals surface area contributed by atoms with Crippen LogP contribution in [0.5, 0.6) is 0 Å². The van der Waals surface area contributed by atoms with E-state index in [1.807, 2.05) is 45.0 Å². The van der Waals surface area contributed by atoms with Crippen molar-refractivity contribution in [2.24, 2.45) is 0 Å². The number of sulfonamides is 1. The van der Waals surface area contributed by atoms with Crippen molar-refractivity contribution in [1.29, 1.82) is 0 Å². The van der Waals surface area contributed by atoms with E-state index < -0.39 is 10.0 Å². The molecule has 0 spiro atoms. The van der Waals surface area contributed by atoms with Gasteiger partial charge in [0.05, 0.1) is 4.90 Å². The van der Waals surface area contributed by atoms with Gasteiger partial charge < -0.3 is 5.32 Å². The Balaban J connectivity index is 1.92. The predicted octanol–water partition coefficient (Wildman–Crippen LogP) is 5.23. The molecule has 0 atom stereocenters. The van der Waals surface area contributed by atoms with Crippen LogP contribution in [0.4, 0.5) is 11.4 Å². The van der Waals surface area contributed by atoms with E-state index in [4.69, 9.17) is 0 Å². The fourth-order valence-corrected chi connectivity index (χ4v) is 4.66. The number of para-hydroxylation sites is 1. The molecule has 0 heterocycles. The van der Waals surface area contributed by atoms with Crippen LogP contribution < -0.4 is 10.0 Å². The number of anilines is 2. The third-order valence-electron chi connectivity index (χ3n) is 4.99. The van der Waals surface area contributed by atoms with Crippen LogP contribution in [0.3, 0.4) is 0 Å². The van der Waals surface area contributed by atoms with Gasteiger partial charge in [-0.05, 0) is 73.7 Å². The number of carbonyl (C=O) groups is 1. The molecule has 1 amide bonds. The van der Waals surface area contributed by atoms with Gasteiger partial charge in [0.2, 0.25) is 0 Å². The van der Waals surface area contributed by atoms with Crippen LogP contribution in [0.1, 0.15) is 39.5 Å². The third kappa shape index (κ3) is 4.71. The number of benzene rings is 3. The molecular weight excluding hydrogens is 396 g/mol. The Hall–Kier alpha value is -3.12. The molecule has 30 heavy (non-hydrogen) atoms. The zero-order valence-electron chi connectivity index (χ0n) is 17.6. The van der Waals surface area contributed by atoms with E-state index in [0.29, 0.717) is 11.3 Å². The van der Waals surface area contributed by atoms with Gasteiger partial charge in [-0.1, -0.05) is 43.3 Å². The second-order valence-electron chi connectivity index (χ2n) is 7.37. The number of nitrogens with one attached hydrogen (secondary N) is 2. The monoisotopic (exact) mass is 422 g/mol. The molecule has 156 valence electrons. The van der Waals surface area contributed by atoms with Gasteiger partial charge in [0.25, 0.3) is 15.9 Å². The molecule has 0 aliphatic carbocycles. The molecule has 5 nitrogen and oxygen atoms in total. The highest BCUT2D eigenvalue weighted by Crippen LogP contribution is 2.24. The van der Waals surface area contributed by atoms with Gasteiger partial charge in [-0.3, -0.25) is 9.52 Å². The predicted molar refractivity (Wildman–Crippen MR) is 122 cm³/mol. The SMILES string of the molecule is CCc1cccc(C)c1NC(=O)c1ccc(C)c(S(=O)(=O)Nc2cccc(C)c2)c1. The standard InChI is InChI=1S/C24H26N2O3S/c1-5-19-10-7-9-18(4)23(19)25-24(27)20-13-12-17(3)22(15-20)30(28,29)26-21-11-6-8-16(2)14-21/h6-15,26H,5H2,1-4H3,(H,25,27). The lowest BCUT2D eigenvalue weighted by Gasteiger charge is -2.15. The molecule has 3 aromatic rings. The summed E-state index contributed by atoms with van der Waals surface area (Å²) in [6, 6.07) is 17.7. The van der Waals surface area contributed by atoms with E-state index in [1.165, 1.54) is 6.07 Å². The first kappa shape index (κ1) is 21.6. The number of hydrogen-bond acceptors (Lipinski definition) is 3. The van der Waals surface area contributed by atoms with Crippen molar-refractivity contribution in [3.05, 3.63) is 88.5 Å². The quantitative estimate of drug-likeness (QED) is 0.571. The van der Waals surface area contributed by atoms with Gasteiger partial charge in [0.1, 0.15) is 0 Å². The fourth-order valence-electron chi connectivity index (χ4n) is 3.34. The Morgan fingerprint density at radius 1 is 0.900 bits per heavy atom. The van der Waals surface area contributed by atoms with E-state index >= 15 is 0 Å². The highest BCUT2D eigenvalue weighted by atomic mass is 32.2. The fraction of sp³-hybridized carbons (Fsp3) is 0.208. The minimum atomic E-state index is -3.84. The first-order chi connectivity index (χ1) is 14.2. The minimum Gasteiger partial charge on any atom is -0.321 e. The molecule has 3 aromatic carbocycles. The Bertz CT molecular complexity index is 1200. The normalized spacial score (nSPS) is 11.2. The summed E-state index contributed by atoms with van der Waals surface area (Å²) >= 11 is 0. The van der Waals surface area contributed by atoms with Crippen molar-refractivity contribution in [1.82, 2.24) is 0 Å². The number of amides is 1.